The Hall–Kier alpha value is -1.83. The van der Waals surface area contributed by atoms with Crippen molar-refractivity contribution >= 4 is 5.69 Å². The van der Waals surface area contributed by atoms with Gasteiger partial charge in [-0.05, 0) is 43.0 Å². The molecule has 1 aromatic heterocycles. The van der Waals surface area contributed by atoms with Gasteiger partial charge in [0.1, 0.15) is 0 Å². The number of aryl methyl sites for hydroxylation is 2. The Bertz CT molecular complexity index is 520. The predicted molar refractivity (Wildman–Crippen MR) is 70.1 cm³/mol. The molecule has 3 rings (SSSR count). The third kappa shape index (κ3) is 2.03. The highest BCUT2D eigenvalue weighted by molar-refractivity contribution is 5.47. The molecule has 1 N–H and O–H groups in total. The zero-order valence-electron chi connectivity index (χ0n) is 9.98. The first kappa shape index (κ1) is 10.3. The molecule has 17 heavy (non-hydrogen) atoms. The minimum atomic E-state index is 0.439. The largest absolute Gasteiger partial charge is 0.377 e. The monoisotopic (exact) mass is 224 g/mol. The quantitative estimate of drug-likeness (QED) is 0.844. The van der Waals surface area contributed by atoms with E-state index >= 15 is 0 Å². The molecule has 0 amide bonds. The highest BCUT2D eigenvalue weighted by Crippen LogP contribution is 2.34. The molecule has 1 aliphatic carbocycles. The van der Waals surface area contributed by atoms with Crippen molar-refractivity contribution < 1.29 is 0 Å². The topological polar surface area (TPSA) is 24.9 Å². The van der Waals surface area contributed by atoms with Crippen LogP contribution in [0.5, 0.6) is 0 Å². The molecule has 0 aliphatic heterocycles. The summed E-state index contributed by atoms with van der Waals surface area (Å²) in [5.41, 5.74) is 5.38. The lowest BCUT2D eigenvalue weighted by Gasteiger charge is -2.15. The van der Waals surface area contributed by atoms with E-state index in [9.17, 15) is 0 Å². The number of nitrogens with one attached hydrogen (secondary N) is 1. The van der Waals surface area contributed by atoms with Gasteiger partial charge in [-0.15, -0.1) is 0 Å². The van der Waals surface area contributed by atoms with Crippen LogP contribution in [0.3, 0.4) is 0 Å². The van der Waals surface area contributed by atoms with Gasteiger partial charge in [0.25, 0.3) is 0 Å². The van der Waals surface area contributed by atoms with Gasteiger partial charge in [0.2, 0.25) is 0 Å². The van der Waals surface area contributed by atoms with Crippen molar-refractivity contribution in [2.24, 2.45) is 0 Å². The van der Waals surface area contributed by atoms with E-state index in [1.165, 1.54) is 29.5 Å². The fourth-order valence-electron chi connectivity index (χ4n) is 2.52. The maximum absolute atomic E-state index is 4.14. The van der Waals surface area contributed by atoms with Crippen molar-refractivity contribution in [3.8, 4) is 0 Å². The van der Waals surface area contributed by atoms with Crippen molar-refractivity contribution in [2.45, 2.75) is 25.8 Å². The first-order valence-corrected chi connectivity index (χ1v) is 6.09. The van der Waals surface area contributed by atoms with Gasteiger partial charge in [0, 0.05) is 12.4 Å². The summed E-state index contributed by atoms with van der Waals surface area (Å²) in [4.78, 5) is 4.14. The van der Waals surface area contributed by atoms with E-state index in [-0.39, 0.29) is 0 Å². The number of nitrogens with zero attached hydrogens (tertiary/aromatic N) is 1. The van der Waals surface area contributed by atoms with Crippen molar-refractivity contribution in [3.63, 3.8) is 0 Å². The Morgan fingerprint density at radius 2 is 2.24 bits per heavy atom. The molecule has 0 spiro atoms. The number of fused-ring (bicyclic) bond motifs is 1. The maximum atomic E-state index is 4.14. The molecule has 1 aromatic carbocycles. The first-order chi connectivity index (χ1) is 8.33. The molecule has 0 bridgehead atoms. The summed E-state index contributed by atoms with van der Waals surface area (Å²) in [6.45, 7) is 2.15. The minimum Gasteiger partial charge on any atom is -0.377 e. The SMILES string of the molecule is Cc1ccc2c(c1)C(Nc1cccnc1)CC2. The Labute approximate surface area is 102 Å². The van der Waals surface area contributed by atoms with Crippen molar-refractivity contribution in [3.05, 3.63) is 59.4 Å². The standard InChI is InChI=1S/C15H16N2/c1-11-4-5-12-6-7-15(14(12)9-11)17-13-3-2-8-16-10-13/h2-5,8-10,15,17H,6-7H2,1H3. The third-order valence-electron chi connectivity index (χ3n) is 3.38. The van der Waals surface area contributed by atoms with Gasteiger partial charge in [0.15, 0.2) is 0 Å². The van der Waals surface area contributed by atoms with E-state index in [1.807, 2.05) is 12.3 Å². The van der Waals surface area contributed by atoms with Crippen LogP contribution in [0.25, 0.3) is 0 Å². The Morgan fingerprint density at radius 1 is 1.29 bits per heavy atom. The molecule has 1 atom stereocenters. The van der Waals surface area contributed by atoms with Crippen LogP contribution in [0.2, 0.25) is 0 Å². The number of aromatic nitrogens is 1. The van der Waals surface area contributed by atoms with Crippen LogP contribution in [-0.2, 0) is 6.42 Å². The number of pyridine rings is 1. The van der Waals surface area contributed by atoms with E-state index in [1.54, 1.807) is 6.20 Å². The van der Waals surface area contributed by atoms with Gasteiger partial charge in [-0.1, -0.05) is 23.8 Å². The zero-order chi connectivity index (χ0) is 11.7. The molecule has 0 fully saturated rings. The fourth-order valence-corrected chi connectivity index (χ4v) is 2.52. The molecule has 0 saturated carbocycles. The van der Waals surface area contributed by atoms with Gasteiger partial charge in [-0.2, -0.15) is 0 Å². The molecule has 1 unspecified atom stereocenters. The number of anilines is 1. The maximum Gasteiger partial charge on any atom is 0.0531 e. The lowest BCUT2D eigenvalue weighted by Crippen LogP contribution is -2.07. The second kappa shape index (κ2) is 4.21. The third-order valence-corrected chi connectivity index (χ3v) is 3.38. The number of hydrogen-bond acceptors (Lipinski definition) is 2. The zero-order valence-corrected chi connectivity index (χ0v) is 9.98. The molecule has 2 nitrogen and oxygen atoms in total. The molecule has 0 radical (unpaired) electrons. The van der Waals surface area contributed by atoms with Crippen molar-refractivity contribution in [1.82, 2.24) is 4.98 Å². The average molecular weight is 224 g/mol. The van der Waals surface area contributed by atoms with Crippen LogP contribution in [0.4, 0.5) is 5.69 Å². The molecule has 0 saturated heterocycles. The molecular formula is C15H16N2. The summed E-state index contributed by atoms with van der Waals surface area (Å²) in [5, 5.41) is 3.56. The van der Waals surface area contributed by atoms with Gasteiger partial charge in [-0.25, -0.2) is 0 Å². The van der Waals surface area contributed by atoms with Crippen molar-refractivity contribution in [1.29, 1.82) is 0 Å². The summed E-state index contributed by atoms with van der Waals surface area (Å²) in [6, 6.07) is 11.2. The number of benzene rings is 1. The molecule has 1 aliphatic rings. The molecule has 86 valence electrons. The second-order valence-corrected chi connectivity index (χ2v) is 4.68. The van der Waals surface area contributed by atoms with E-state index in [4.69, 9.17) is 0 Å². The Morgan fingerprint density at radius 3 is 3.06 bits per heavy atom. The minimum absolute atomic E-state index is 0.439. The van der Waals surface area contributed by atoms with Crippen LogP contribution in [0.15, 0.2) is 42.7 Å². The highest BCUT2D eigenvalue weighted by Gasteiger charge is 2.21. The van der Waals surface area contributed by atoms with Crippen LogP contribution < -0.4 is 5.32 Å². The Kier molecular flexibility index (Phi) is 2.56. The lowest BCUT2D eigenvalue weighted by atomic mass is 10.0. The second-order valence-electron chi connectivity index (χ2n) is 4.68. The average Bonchev–Trinajstić information content (AvgIpc) is 2.73. The van der Waals surface area contributed by atoms with Gasteiger partial charge in [0.05, 0.1) is 11.7 Å². The van der Waals surface area contributed by atoms with E-state index in [0.717, 1.165) is 5.69 Å². The molecular weight excluding hydrogens is 208 g/mol. The summed E-state index contributed by atoms with van der Waals surface area (Å²) in [7, 11) is 0. The van der Waals surface area contributed by atoms with E-state index in [0.29, 0.717) is 6.04 Å². The van der Waals surface area contributed by atoms with Gasteiger partial charge < -0.3 is 5.32 Å². The summed E-state index contributed by atoms with van der Waals surface area (Å²) < 4.78 is 0. The summed E-state index contributed by atoms with van der Waals surface area (Å²) in [6.07, 6.45) is 6.03. The Balaban J connectivity index is 1.86. The van der Waals surface area contributed by atoms with Crippen LogP contribution >= 0.6 is 0 Å². The number of rotatable bonds is 2. The fraction of sp³-hybridized carbons (Fsp3) is 0.267. The van der Waals surface area contributed by atoms with Crippen LogP contribution in [-0.4, -0.2) is 4.98 Å². The summed E-state index contributed by atoms with van der Waals surface area (Å²) in [5.74, 6) is 0. The normalized spacial score (nSPS) is 17.8. The van der Waals surface area contributed by atoms with Crippen LogP contribution in [0, 0.1) is 6.92 Å². The van der Waals surface area contributed by atoms with E-state index in [2.05, 4.69) is 41.5 Å². The smallest absolute Gasteiger partial charge is 0.0531 e. The first-order valence-electron chi connectivity index (χ1n) is 6.09. The van der Waals surface area contributed by atoms with Gasteiger partial charge in [-0.3, -0.25) is 4.98 Å². The lowest BCUT2D eigenvalue weighted by molar-refractivity contribution is 0.761. The van der Waals surface area contributed by atoms with Crippen LogP contribution in [0.1, 0.15) is 29.2 Å². The van der Waals surface area contributed by atoms with Crippen molar-refractivity contribution in [2.75, 3.05) is 5.32 Å². The predicted octanol–water partition coefficient (Wildman–Crippen LogP) is 3.49. The number of hydrogen-bond donors (Lipinski definition) is 1. The molecule has 2 heteroatoms. The highest BCUT2D eigenvalue weighted by atomic mass is 14.9. The summed E-state index contributed by atoms with van der Waals surface area (Å²) >= 11 is 0. The molecule has 2 aromatic rings. The van der Waals surface area contributed by atoms with Gasteiger partial charge >= 0.3 is 0 Å². The molecule has 1 heterocycles. The van der Waals surface area contributed by atoms with E-state index < -0.39 is 0 Å².